The molecular weight excluding hydrogens is 208 g/mol. The van der Waals surface area contributed by atoms with Gasteiger partial charge in [-0.2, -0.15) is 0 Å². The molecule has 0 aliphatic rings. The second-order valence-electron chi connectivity index (χ2n) is 5.66. The van der Waals surface area contributed by atoms with Gasteiger partial charge in [0.2, 0.25) is 0 Å². The molecule has 0 heterocycles. The summed E-state index contributed by atoms with van der Waals surface area (Å²) >= 11 is 0. The minimum Gasteiger partial charge on any atom is -0.313 e. The van der Waals surface area contributed by atoms with E-state index in [1.54, 1.807) is 0 Å². The van der Waals surface area contributed by atoms with Crippen molar-refractivity contribution in [3.8, 4) is 0 Å². The number of hydrogen-bond donors (Lipinski definition) is 1. The van der Waals surface area contributed by atoms with Crippen LogP contribution in [-0.4, -0.2) is 36.1 Å². The Hall–Kier alpha value is -0.0800. The highest BCUT2D eigenvalue weighted by atomic mass is 15.2. The van der Waals surface area contributed by atoms with Gasteiger partial charge in [0.1, 0.15) is 0 Å². The number of nitrogens with zero attached hydrogens (tertiary/aromatic N) is 1. The first-order chi connectivity index (χ1) is 8.02. The normalized spacial score (nSPS) is 13.9. The fraction of sp³-hybridized carbons (Fsp3) is 1.00. The molecule has 0 saturated heterocycles. The molecule has 0 radical (unpaired) electrons. The molecule has 0 aromatic rings. The highest BCUT2D eigenvalue weighted by molar-refractivity contribution is 4.76. The largest absolute Gasteiger partial charge is 0.313 e. The van der Waals surface area contributed by atoms with E-state index in [0.717, 1.165) is 6.54 Å². The molecule has 0 fully saturated rings. The summed E-state index contributed by atoms with van der Waals surface area (Å²) in [6, 6.07) is 1.94. The van der Waals surface area contributed by atoms with Crippen LogP contribution in [0.1, 0.15) is 67.2 Å². The molecule has 1 atom stereocenters. The number of unbranched alkanes of at least 4 members (excludes halogenated alkanes) is 2. The van der Waals surface area contributed by atoms with Crippen molar-refractivity contribution >= 4 is 0 Å². The average molecular weight is 242 g/mol. The molecule has 0 bridgehead atoms. The summed E-state index contributed by atoms with van der Waals surface area (Å²) in [7, 11) is 0. The lowest BCUT2D eigenvalue weighted by molar-refractivity contribution is 0.141. The average Bonchev–Trinajstić information content (AvgIpc) is 2.26. The Morgan fingerprint density at radius 2 is 1.65 bits per heavy atom. The SMILES string of the molecule is CCCCCN(C(C)C)C(CC)CNC(C)C. The summed E-state index contributed by atoms with van der Waals surface area (Å²) in [6.07, 6.45) is 5.25. The van der Waals surface area contributed by atoms with E-state index in [9.17, 15) is 0 Å². The summed E-state index contributed by atoms with van der Waals surface area (Å²) in [5, 5.41) is 3.58. The summed E-state index contributed by atoms with van der Waals surface area (Å²) < 4.78 is 0. The lowest BCUT2D eigenvalue weighted by Gasteiger charge is -2.35. The highest BCUT2D eigenvalue weighted by Gasteiger charge is 2.18. The first kappa shape index (κ1) is 16.9. The fourth-order valence-electron chi connectivity index (χ4n) is 2.27. The van der Waals surface area contributed by atoms with Crippen LogP contribution in [0.15, 0.2) is 0 Å². The van der Waals surface area contributed by atoms with E-state index in [1.807, 2.05) is 0 Å². The molecule has 1 N–H and O–H groups in total. The predicted molar refractivity (Wildman–Crippen MR) is 78.6 cm³/mol. The van der Waals surface area contributed by atoms with Crippen LogP contribution in [0.5, 0.6) is 0 Å². The molecule has 0 aliphatic heterocycles. The van der Waals surface area contributed by atoms with Gasteiger partial charge in [0.25, 0.3) is 0 Å². The van der Waals surface area contributed by atoms with Gasteiger partial charge in [-0.15, -0.1) is 0 Å². The van der Waals surface area contributed by atoms with Gasteiger partial charge >= 0.3 is 0 Å². The second-order valence-corrected chi connectivity index (χ2v) is 5.66. The molecule has 0 spiro atoms. The third-order valence-corrected chi connectivity index (χ3v) is 3.39. The van der Waals surface area contributed by atoms with Gasteiger partial charge in [-0.1, -0.05) is 40.5 Å². The van der Waals surface area contributed by atoms with E-state index in [4.69, 9.17) is 0 Å². The van der Waals surface area contributed by atoms with Gasteiger partial charge in [0, 0.05) is 24.7 Å². The van der Waals surface area contributed by atoms with Crippen molar-refractivity contribution in [1.82, 2.24) is 10.2 Å². The van der Waals surface area contributed by atoms with Crippen LogP contribution in [0, 0.1) is 0 Å². The summed E-state index contributed by atoms with van der Waals surface area (Å²) in [5.41, 5.74) is 0. The zero-order valence-corrected chi connectivity index (χ0v) is 12.9. The maximum absolute atomic E-state index is 3.58. The van der Waals surface area contributed by atoms with E-state index >= 15 is 0 Å². The van der Waals surface area contributed by atoms with Gasteiger partial charge in [0.15, 0.2) is 0 Å². The minimum atomic E-state index is 0.591. The molecule has 1 unspecified atom stereocenters. The monoisotopic (exact) mass is 242 g/mol. The predicted octanol–water partition coefficient (Wildman–Crippen LogP) is 3.66. The van der Waals surface area contributed by atoms with Crippen molar-refractivity contribution in [2.45, 2.75) is 85.4 Å². The topological polar surface area (TPSA) is 15.3 Å². The van der Waals surface area contributed by atoms with Crippen molar-refractivity contribution < 1.29 is 0 Å². The fourth-order valence-corrected chi connectivity index (χ4v) is 2.27. The van der Waals surface area contributed by atoms with Gasteiger partial charge < -0.3 is 5.32 Å². The van der Waals surface area contributed by atoms with Gasteiger partial charge in [-0.05, 0) is 33.2 Å². The van der Waals surface area contributed by atoms with Crippen LogP contribution in [0.25, 0.3) is 0 Å². The summed E-state index contributed by atoms with van der Waals surface area (Å²) in [4.78, 5) is 2.67. The smallest absolute Gasteiger partial charge is 0.0220 e. The van der Waals surface area contributed by atoms with Crippen LogP contribution < -0.4 is 5.32 Å². The Morgan fingerprint density at radius 3 is 2.06 bits per heavy atom. The molecule has 0 aromatic carbocycles. The van der Waals surface area contributed by atoms with E-state index in [2.05, 4.69) is 51.8 Å². The van der Waals surface area contributed by atoms with Crippen molar-refractivity contribution in [3.05, 3.63) is 0 Å². The van der Waals surface area contributed by atoms with Gasteiger partial charge in [0.05, 0.1) is 0 Å². The zero-order valence-electron chi connectivity index (χ0n) is 12.9. The van der Waals surface area contributed by atoms with Crippen LogP contribution in [0.3, 0.4) is 0 Å². The first-order valence-electron chi connectivity index (χ1n) is 7.51. The Bertz CT molecular complexity index is 166. The van der Waals surface area contributed by atoms with Crippen LogP contribution in [-0.2, 0) is 0 Å². The summed E-state index contributed by atoms with van der Waals surface area (Å²) in [6.45, 7) is 16.1. The van der Waals surface area contributed by atoms with E-state index in [-0.39, 0.29) is 0 Å². The maximum atomic E-state index is 3.58. The molecule has 0 aliphatic carbocycles. The number of nitrogens with one attached hydrogen (secondary N) is 1. The lowest BCUT2D eigenvalue weighted by atomic mass is 10.1. The molecule has 0 saturated carbocycles. The quantitative estimate of drug-likeness (QED) is 0.588. The standard InChI is InChI=1S/C15H34N2/c1-7-9-10-11-17(14(5)6)15(8-2)12-16-13(3)4/h13-16H,7-12H2,1-6H3. The van der Waals surface area contributed by atoms with Crippen molar-refractivity contribution in [2.75, 3.05) is 13.1 Å². The summed E-state index contributed by atoms with van der Waals surface area (Å²) in [5.74, 6) is 0. The van der Waals surface area contributed by atoms with Gasteiger partial charge in [-0.3, -0.25) is 4.90 Å². The maximum Gasteiger partial charge on any atom is 0.0220 e. The molecule has 0 rings (SSSR count). The zero-order chi connectivity index (χ0) is 13.3. The third kappa shape index (κ3) is 7.77. The second kappa shape index (κ2) is 9.90. The van der Waals surface area contributed by atoms with E-state index < -0.39 is 0 Å². The minimum absolute atomic E-state index is 0.591. The number of hydrogen-bond acceptors (Lipinski definition) is 2. The molecule has 0 aromatic heterocycles. The van der Waals surface area contributed by atoms with E-state index in [0.29, 0.717) is 18.1 Å². The molecule has 0 amide bonds. The lowest BCUT2D eigenvalue weighted by Crippen LogP contribution is -2.47. The van der Waals surface area contributed by atoms with Crippen molar-refractivity contribution in [3.63, 3.8) is 0 Å². The van der Waals surface area contributed by atoms with E-state index in [1.165, 1.54) is 32.2 Å². The molecule has 2 heteroatoms. The van der Waals surface area contributed by atoms with Crippen LogP contribution in [0.2, 0.25) is 0 Å². The molecule has 2 nitrogen and oxygen atoms in total. The van der Waals surface area contributed by atoms with Crippen LogP contribution in [0.4, 0.5) is 0 Å². The van der Waals surface area contributed by atoms with Crippen LogP contribution >= 0.6 is 0 Å². The Kier molecular flexibility index (Phi) is 9.85. The molecule has 104 valence electrons. The van der Waals surface area contributed by atoms with Gasteiger partial charge in [-0.25, -0.2) is 0 Å². The van der Waals surface area contributed by atoms with Crippen molar-refractivity contribution in [2.24, 2.45) is 0 Å². The third-order valence-electron chi connectivity index (χ3n) is 3.39. The van der Waals surface area contributed by atoms with Crippen molar-refractivity contribution in [1.29, 1.82) is 0 Å². The molecule has 17 heavy (non-hydrogen) atoms. The Balaban J connectivity index is 4.20. The Labute approximate surface area is 109 Å². The molecular formula is C15H34N2. The highest BCUT2D eigenvalue weighted by Crippen LogP contribution is 2.11. The number of rotatable bonds is 10. The first-order valence-corrected chi connectivity index (χ1v) is 7.51. The Morgan fingerprint density at radius 1 is 1.00 bits per heavy atom.